The maximum absolute atomic E-state index is 12.7. The molecule has 1 aliphatic carbocycles. The Balaban J connectivity index is 1.60. The highest BCUT2D eigenvalue weighted by Gasteiger charge is 2.31. The zero-order valence-electron chi connectivity index (χ0n) is 13.7. The summed E-state index contributed by atoms with van der Waals surface area (Å²) in [6, 6.07) is 0. The lowest BCUT2D eigenvalue weighted by Gasteiger charge is -2.35. The minimum atomic E-state index is -0.0399. The number of rotatable bonds is 4. The van der Waals surface area contributed by atoms with Crippen molar-refractivity contribution < 1.29 is 14.3 Å². The Kier molecular flexibility index (Phi) is 5.31. The maximum Gasteiger partial charge on any atom is 0.278 e. The van der Waals surface area contributed by atoms with E-state index in [9.17, 15) is 4.79 Å². The monoisotopic (exact) mass is 319 g/mol. The van der Waals surface area contributed by atoms with Gasteiger partial charge in [0.2, 0.25) is 5.91 Å². The van der Waals surface area contributed by atoms with Gasteiger partial charge in [0.15, 0.2) is 0 Å². The number of carbonyl (C=O) groups excluding carboxylic acids is 1. The molecule has 1 unspecified atom stereocenters. The quantitative estimate of drug-likeness (QED) is 0.853. The second-order valence-electron chi connectivity index (χ2n) is 6.37. The minimum absolute atomic E-state index is 0.0399. The Labute approximate surface area is 137 Å². The van der Waals surface area contributed by atoms with Gasteiger partial charge in [-0.3, -0.25) is 4.79 Å². The van der Waals surface area contributed by atoms with Crippen LogP contribution in [0.2, 0.25) is 0 Å². The average molecular weight is 319 g/mol. The van der Waals surface area contributed by atoms with Crippen molar-refractivity contribution in [1.82, 2.24) is 14.9 Å². The van der Waals surface area contributed by atoms with Crippen LogP contribution in [0.3, 0.4) is 0 Å². The number of hydrogen-bond donors (Lipinski definition) is 0. The average Bonchev–Trinajstić information content (AvgIpc) is 2.62. The molecule has 0 bridgehead atoms. The third-order valence-electron chi connectivity index (χ3n) is 4.75. The second-order valence-corrected chi connectivity index (χ2v) is 6.37. The summed E-state index contributed by atoms with van der Waals surface area (Å²) in [7, 11) is 1.55. The molecule has 2 fully saturated rings. The highest BCUT2D eigenvalue weighted by atomic mass is 16.5. The van der Waals surface area contributed by atoms with Gasteiger partial charge in [-0.15, -0.1) is 0 Å². The molecule has 2 heterocycles. The van der Waals surface area contributed by atoms with Gasteiger partial charge in [-0.2, -0.15) is 0 Å². The number of methoxy groups -OCH3 is 1. The molecule has 0 spiro atoms. The second kappa shape index (κ2) is 7.62. The maximum atomic E-state index is 12.7. The zero-order valence-corrected chi connectivity index (χ0v) is 13.7. The Morgan fingerprint density at radius 1 is 1.09 bits per heavy atom. The van der Waals surface area contributed by atoms with Crippen molar-refractivity contribution >= 4 is 5.91 Å². The SMILES string of the molecule is COc1nccnc1OC1CCCN(C(=O)C2CCCCC2)C1. The Hall–Kier alpha value is -1.85. The van der Waals surface area contributed by atoms with Crippen LogP contribution in [0.15, 0.2) is 12.4 Å². The van der Waals surface area contributed by atoms with Crippen molar-refractivity contribution in [3.8, 4) is 11.8 Å². The number of amides is 1. The highest BCUT2D eigenvalue weighted by Crippen LogP contribution is 2.28. The van der Waals surface area contributed by atoms with Crippen LogP contribution in [-0.2, 0) is 4.79 Å². The van der Waals surface area contributed by atoms with Crippen molar-refractivity contribution in [3.05, 3.63) is 12.4 Å². The molecule has 1 saturated heterocycles. The molecular weight excluding hydrogens is 294 g/mol. The first kappa shape index (κ1) is 16.0. The molecule has 0 aromatic carbocycles. The molecule has 1 atom stereocenters. The van der Waals surface area contributed by atoms with Crippen LogP contribution in [0.5, 0.6) is 11.8 Å². The molecule has 23 heavy (non-hydrogen) atoms. The molecule has 1 amide bonds. The summed E-state index contributed by atoms with van der Waals surface area (Å²) in [4.78, 5) is 23.0. The van der Waals surface area contributed by atoms with Gasteiger partial charge in [0.05, 0.1) is 13.7 Å². The Morgan fingerprint density at radius 2 is 1.83 bits per heavy atom. The fraction of sp³-hybridized carbons (Fsp3) is 0.706. The summed E-state index contributed by atoms with van der Waals surface area (Å²) in [6.07, 6.45) is 10.7. The molecule has 1 saturated carbocycles. The fourth-order valence-electron chi connectivity index (χ4n) is 3.53. The van der Waals surface area contributed by atoms with E-state index in [1.165, 1.54) is 19.3 Å². The van der Waals surface area contributed by atoms with E-state index in [2.05, 4.69) is 9.97 Å². The van der Waals surface area contributed by atoms with E-state index in [0.717, 1.165) is 32.2 Å². The van der Waals surface area contributed by atoms with Crippen molar-refractivity contribution in [3.63, 3.8) is 0 Å². The molecule has 1 aliphatic heterocycles. The summed E-state index contributed by atoms with van der Waals surface area (Å²) >= 11 is 0. The van der Waals surface area contributed by atoms with E-state index < -0.39 is 0 Å². The smallest absolute Gasteiger partial charge is 0.278 e. The Morgan fingerprint density at radius 3 is 2.57 bits per heavy atom. The standard InChI is InChI=1S/C17H25N3O3/c1-22-15-16(19-10-9-18-15)23-14-8-5-11-20(12-14)17(21)13-6-3-2-4-7-13/h9-10,13-14H,2-8,11-12H2,1H3. The number of ether oxygens (including phenoxy) is 2. The molecule has 3 rings (SSSR count). The topological polar surface area (TPSA) is 64.6 Å². The van der Waals surface area contributed by atoms with Gasteiger partial charge in [0, 0.05) is 24.9 Å². The van der Waals surface area contributed by atoms with Gasteiger partial charge in [-0.25, -0.2) is 9.97 Å². The summed E-state index contributed by atoms with van der Waals surface area (Å²) in [5.74, 6) is 1.33. The molecule has 1 aromatic rings. The van der Waals surface area contributed by atoms with E-state index >= 15 is 0 Å². The molecule has 126 valence electrons. The van der Waals surface area contributed by atoms with Crippen molar-refractivity contribution in [2.24, 2.45) is 5.92 Å². The van der Waals surface area contributed by atoms with Crippen LogP contribution in [-0.4, -0.2) is 47.1 Å². The summed E-state index contributed by atoms with van der Waals surface area (Å²) in [5, 5.41) is 0. The third-order valence-corrected chi connectivity index (χ3v) is 4.75. The van der Waals surface area contributed by atoms with E-state index in [-0.39, 0.29) is 12.0 Å². The predicted molar refractivity (Wildman–Crippen MR) is 85.4 cm³/mol. The number of aromatic nitrogens is 2. The van der Waals surface area contributed by atoms with E-state index in [0.29, 0.717) is 24.2 Å². The lowest BCUT2D eigenvalue weighted by molar-refractivity contribution is -0.139. The first-order valence-electron chi connectivity index (χ1n) is 8.58. The van der Waals surface area contributed by atoms with Gasteiger partial charge in [0.1, 0.15) is 6.10 Å². The van der Waals surface area contributed by atoms with Crippen LogP contribution < -0.4 is 9.47 Å². The third kappa shape index (κ3) is 3.92. The van der Waals surface area contributed by atoms with Gasteiger partial charge in [0.25, 0.3) is 11.8 Å². The number of likely N-dealkylation sites (tertiary alicyclic amines) is 1. The summed E-state index contributed by atoms with van der Waals surface area (Å²) < 4.78 is 11.1. The first-order chi connectivity index (χ1) is 11.3. The largest absolute Gasteiger partial charge is 0.477 e. The molecule has 2 aliphatic rings. The predicted octanol–water partition coefficient (Wildman–Crippen LogP) is 2.44. The molecule has 6 heteroatoms. The van der Waals surface area contributed by atoms with Crippen LogP contribution in [0, 0.1) is 5.92 Å². The van der Waals surface area contributed by atoms with Crippen LogP contribution in [0.1, 0.15) is 44.9 Å². The Bertz CT molecular complexity index is 532. The zero-order chi connectivity index (χ0) is 16.1. The molecule has 0 radical (unpaired) electrons. The molecule has 6 nitrogen and oxygen atoms in total. The highest BCUT2D eigenvalue weighted by molar-refractivity contribution is 5.79. The number of piperidine rings is 1. The molecular formula is C17H25N3O3. The molecule has 1 aromatic heterocycles. The van der Waals surface area contributed by atoms with Crippen molar-refractivity contribution in [2.75, 3.05) is 20.2 Å². The lowest BCUT2D eigenvalue weighted by Crippen LogP contribution is -2.47. The minimum Gasteiger partial charge on any atom is -0.477 e. The first-order valence-corrected chi connectivity index (χ1v) is 8.58. The van der Waals surface area contributed by atoms with Crippen LogP contribution >= 0.6 is 0 Å². The fourth-order valence-corrected chi connectivity index (χ4v) is 3.53. The summed E-state index contributed by atoms with van der Waals surface area (Å²) in [5.41, 5.74) is 0. The number of carbonyl (C=O) groups is 1. The molecule has 0 N–H and O–H groups in total. The van der Waals surface area contributed by atoms with Gasteiger partial charge in [-0.05, 0) is 25.7 Å². The van der Waals surface area contributed by atoms with Gasteiger partial charge >= 0.3 is 0 Å². The van der Waals surface area contributed by atoms with Crippen molar-refractivity contribution in [2.45, 2.75) is 51.0 Å². The number of nitrogens with zero attached hydrogens (tertiary/aromatic N) is 3. The van der Waals surface area contributed by atoms with E-state index in [4.69, 9.17) is 9.47 Å². The van der Waals surface area contributed by atoms with E-state index in [1.807, 2.05) is 4.90 Å². The van der Waals surface area contributed by atoms with Gasteiger partial charge in [-0.1, -0.05) is 19.3 Å². The normalized spacial score (nSPS) is 22.7. The number of hydrogen-bond acceptors (Lipinski definition) is 5. The lowest BCUT2D eigenvalue weighted by atomic mass is 9.88. The summed E-state index contributed by atoms with van der Waals surface area (Å²) in [6.45, 7) is 1.47. The van der Waals surface area contributed by atoms with Crippen molar-refractivity contribution in [1.29, 1.82) is 0 Å². The van der Waals surface area contributed by atoms with E-state index in [1.54, 1.807) is 19.5 Å². The van der Waals surface area contributed by atoms with Crippen LogP contribution in [0.4, 0.5) is 0 Å². The van der Waals surface area contributed by atoms with Gasteiger partial charge < -0.3 is 14.4 Å². The van der Waals surface area contributed by atoms with Crippen LogP contribution in [0.25, 0.3) is 0 Å².